The van der Waals surface area contributed by atoms with Crippen molar-refractivity contribution < 1.29 is 4.79 Å². The van der Waals surface area contributed by atoms with Crippen LogP contribution in [-0.4, -0.2) is 22.9 Å². The van der Waals surface area contributed by atoms with E-state index in [9.17, 15) is 4.79 Å². The third-order valence-corrected chi connectivity index (χ3v) is 3.15. The molecule has 5 heteroatoms. The van der Waals surface area contributed by atoms with Crippen molar-refractivity contribution >= 4 is 22.6 Å². The van der Waals surface area contributed by atoms with Crippen LogP contribution in [0.5, 0.6) is 0 Å². The van der Waals surface area contributed by atoms with Crippen LogP contribution >= 0.6 is 0 Å². The summed E-state index contributed by atoms with van der Waals surface area (Å²) in [5.74, 6) is 0.656. The minimum atomic E-state index is -0.103. The summed E-state index contributed by atoms with van der Waals surface area (Å²) >= 11 is 0. The standard InChI is InChI=1S/C15H14N4O/c1-17-15(20)10-4-2-9(3-5-10)14-18-12-7-6-11(16)8-13(12)19-14/h2-8H,16H2,1H3,(H,17,20)(H,18,19). The van der Waals surface area contributed by atoms with Crippen LogP contribution in [0.2, 0.25) is 0 Å². The number of hydrogen-bond donors (Lipinski definition) is 3. The van der Waals surface area contributed by atoms with Crippen molar-refractivity contribution in [2.45, 2.75) is 0 Å². The number of nitrogens with one attached hydrogen (secondary N) is 2. The van der Waals surface area contributed by atoms with Gasteiger partial charge in [-0.2, -0.15) is 0 Å². The van der Waals surface area contributed by atoms with Crippen LogP contribution in [0.3, 0.4) is 0 Å². The number of aromatic amines is 1. The maximum atomic E-state index is 11.5. The molecule has 1 aromatic heterocycles. The summed E-state index contributed by atoms with van der Waals surface area (Å²) in [6, 6.07) is 12.8. The van der Waals surface area contributed by atoms with Gasteiger partial charge in [-0.3, -0.25) is 4.79 Å². The number of nitrogens with two attached hydrogens (primary N) is 1. The second-order valence-electron chi connectivity index (χ2n) is 4.52. The largest absolute Gasteiger partial charge is 0.399 e. The molecule has 0 saturated carbocycles. The molecular formula is C15H14N4O. The van der Waals surface area contributed by atoms with Gasteiger partial charge in [-0.15, -0.1) is 0 Å². The Bertz CT molecular complexity index is 774. The fourth-order valence-corrected chi connectivity index (χ4v) is 2.09. The predicted octanol–water partition coefficient (Wildman–Crippen LogP) is 2.17. The fraction of sp³-hybridized carbons (Fsp3) is 0.0667. The molecule has 0 saturated heterocycles. The van der Waals surface area contributed by atoms with E-state index < -0.39 is 0 Å². The van der Waals surface area contributed by atoms with E-state index in [1.54, 1.807) is 19.2 Å². The molecule has 100 valence electrons. The molecule has 4 N–H and O–H groups in total. The van der Waals surface area contributed by atoms with Gasteiger partial charge < -0.3 is 16.0 Å². The quantitative estimate of drug-likeness (QED) is 0.621. The van der Waals surface area contributed by atoms with Gasteiger partial charge in [-0.1, -0.05) is 12.1 Å². The summed E-state index contributed by atoms with van der Waals surface area (Å²) in [5.41, 5.74) is 9.75. The number of anilines is 1. The normalized spacial score (nSPS) is 10.7. The highest BCUT2D eigenvalue weighted by atomic mass is 16.1. The number of carbonyl (C=O) groups excluding carboxylic acids is 1. The van der Waals surface area contributed by atoms with E-state index in [2.05, 4.69) is 15.3 Å². The molecule has 0 bridgehead atoms. The Morgan fingerprint density at radius 3 is 2.65 bits per heavy atom. The topological polar surface area (TPSA) is 83.8 Å². The molecule has 0 atom stereocenters. The maximum Gasteiger partial charge on any atom is 0.251 e. The molecule has 0 unspecified atom stereocenters. The van der Waals surface area contributed by atoms with Crippen molar-refractivity contribution in [2.75, 3.05) is 12.8 Å². The number of H-pyrrole nitrogens is 1. The van der Waals surface area contributed by atoms with E-state index in [4.69, 9.17) is 5.73 Å². The lowest BCUT2D eigenvalue weighted by Gasteiger charge is -2.00. The Morgan fingerprint density at radius 2 is 1.95 bits per heavy atom. The highest BCUT2D eigenvalue weighted by Crippen LogP contribution is 2.22. The van der Waals surface area contributed by atoms with Crippen molar-refractivity contribution in [3.8, 4) is 11.4 Å². The van der Waals surface area contributed by atoms with Crippen molar-refractivity contribution in [3.05, 3.63) is 48.0 Å². The monoisotopic (exact) mass is 266 g/mol. The number of nitrogens with zero attached hydrogens (tertiary/aromatic N) is 1. The third kappa shape index (κ3) is 2.09. The van der Waals surface area contributed by atoms with Crippen LogP contribution in [-0.2, 0) is 0 Å². The number of fused-ring (bicyclic) bond motifs is 1. The minimum absolute atomic E-state index is 0.103. The van der Waals surface area contributed by atoms with E-state index in [0.29, 0.717) is 11.3 Å². The zero-order valence-electron chi connectivity index (χ0n) is 11.0. The first kappa shape index (κ1) is 12.2. The summed E-state index contributed by atoms with van der Waals surface area (Å²) < 4.78 is 0. The molecule has 0 aliphatic carbocycles. The third-order valence-electron chi connectivity index (χ3n) is 3.15. The molecule has 3 rings (SSSR count). The molecule has 1 heterocycles. The number of hydrogen-bond acceptors (Lipinski definition) is 3. The Kier molecular flexibility index (Phi) is 2.87. The van der Waals surface area contributed by atoms with Crippen molar-refractivity contribution in [2.24, 2.45) is 0 Å². The van der Waals surface area contributed by atoms with Crippen LogP contribution in [0, 0.1) is 0 Å². The van der Waals surface area contributed by atoms with Gasteiger partial charge >= 0.3 is 0 Å². The zero-order valence-corrected chi connectivity index (χ0v) is 11.0. The van der Waals surface area contributed by atoms with Gasteiger partial charge in [-0.05, 0) is 30.3 Å². The number of nitrogen functional groups attached to an aromatic ring is 1. The average molecular weight is 266 g/mol. The molecule has 0 radical (unpaired) electrons. The summed E-state index contributed by atoms with van der Waals surface area (Å²) in [6.45, 7) is 0. The van der Waals surface area contributed by atoms with E-state index in [1.807, 2.05) is 30.3 Å². The van der Waals surface area contributed by atoms with Gasteiger partial charge in [0.05, 0.1) is 11.0 Å². The van der Waals surface area contributed by atoms with Crippen LogP contribution in [0.4, 0.5) is 5.69 Å². The van der Waals surface area contributed by atoms with E-state index in [1.165, 1.54) is 0 Å². The molecule has 0 fully saturated rings. The van der Waals surface area contributed by atoms with Gasteiger partial charge in [-0.25, -0.2) is 4.98 Å². The first-order chi connectivity index (χ1) is 9.67. The lowest BCUT2D eigenvalue weighted by Crippen LogP contribution is -2.17. The predicted molar refractivity (Wildman–Crippen MR) is 79.3 cm³/mol. The lowest BCUT2D eigenvalue weighted by molar-refractivity contribution is 0.0963. The Hall–Kier alpha value is -2.82. The molecule has 3 aromatic rings. The van der Waals surface area contributed by atoms with Gasteiger partial charge in [0.25, 0.3) is 5.91 Å². The minimum Gasteiger partial charge on any atom is -0.399 e. The van der Waals surface area contributed by atoms with Crippen LogP contribution in [0.25, 0.3) is 22.4 Å². The Morgan fingerprint density at radius 1 is 1.20 bits per heavy atom. The summed E-state index contributed by atoms with van der Waals surface area (Å²) in [7, 11) is 1.61. The molecule has 0 spiro atoms. The van der Waals surface area contributed by atoms with Crippen molar-refractivity contribution in [3.63, 3.8) is 0 Å². The number of carbonyl (C=O) groups is 1. The molecule has 2 aromatic carbocycles. The van der Waals surface area contributed by atoms with Gasteiger partial charge in [0.15, 0.2) is 0 Å². The summed E-state index contributed by atoms with van der Waals surface area (Å²) in [5, 5.41) is 2.59. The lowest BCUT2D eigenvalue weighted by atomic mass is 10.1. The van der Waals surface area contributed by atoms with Crippen molar-refractivity contribution in [1.82, 2.24) is 15.3 Å². The highest BCUT2D eigenvalue weighted by molar-refractivity contribution is 5.94. The average Bonchev–Trinajstić information content (AvgIpc) is 2.89. The number of rotatable bonds is 2. The molecular weight excluding hydrogens is 252 g/mol. The highest BCUT2D eigenvalue weighted by Gasteiger charge is 2.07. The first-order valence-corrected chi connectivity index (χ1v) is 6.25. The van der Waals surface area contributed by atoms with Crippen molar-refractivity contribution in [1.29, 1.82) is 0 Å². The molecule has 20 heavy (non-hydrogen) atoms. The number of aromatic nitrogens is 2. The summed E-state index contributed by atoms with van der Waals surface area (Å²) in [6.07, 6.45) is 0. The maximum absolute atomic E-state index is 11.5. The Labute approximate surface area is 115 Å². The number of amides is 1. The molecule has 5 nitrogen and oxygen atoms in total. The van der Waals surface area contributed by atoms with Crippen LogP contribution in [0.1, 0.15) is 10.4 Å². The molecule has 0 aliphatic rings. The van der Waals surface area contributed by atoms with Crippen LogP contribution < -0.4 is 11.1 Å². The van der Waals surface area contributed by atoms with Crippen LogP contribution in [0.15, 0.2) is 42.5 Å². The van der Waals surface area contributed by atoms with Gasteiger partial charge in [0.1, 0.15) is 5.82 Å². The number of benzene rings is 2. The van der Waals surface area contributed by atoms with Gasteiger partial charge in [0.2, 0.25) is 0 Å². The molecule has 0 aliphatic heterocycles. The smallest absolute Gasteiger partial charge is 0.251 e. The van der Waals surface area contributed by atoms with Gasteiger partial charge in [0, 0.05) is 23.9 Å². The van der Waals surface area contributed by atoms with E-state index in [-0.39, 0.29) is 5.91 Å². The van der Waals surface area contributed by atoms with E-state index >= 15 is 0 Å². The summed E-state index contributed by atoms with van der Waals surface area (Å²) in [4.78, 5) is 19.2. The second-order valence-corrected chi connectivity index (χ2v) is 4.52. The zero-order chi connectivity index (χ0) is 14.1. The van der Waals surface area contributed by atoms with E-state index in [0.717, 1.165) is 22.4 Å². The second kappa shape index (κ2) is 4.70. The first-order valence-electron chi connectivity index (χ1n) is 6.25. The molecule has 1 amide bonds. The Balaban J connectivity index is 2.00. The number of imidazole rings is 1. The fourth-order valence-electron chi connectivity index (χ4n) is 2.09. The SMILES string of the molecule is CNC(=O)c1ccc(-c2nc3ccc(N)cc3[nH]2)cc1.